The molecular formula is C24H39IN4O2S. The average molecular weight is 575 g/mol. The van der Waals surface area contributed by atoms with E-state index >= 15 is 0 Å². The van der Waals surface area contributed by atoms with E-state index in [4.69, 9.17) is 4.74 Å². The summed E-state index contributed by atoms with van der Waals surface area (Å²) >= 11 is 1.95. The zero-order chi connectivity index (χ0) is 22.1. The van der Waals surface area contributed by atoms with Gasteiger partial charge in [-0.1, -0.05) is 19.1 Å². The fourth-order valence-corrected chi connectivity index (χ4v) is 5.32. The Morgan fingerprint density at radius 2 is 1.84 bits per heavy atom. The van der Waals surface area contributed by atoms with Crippen molar-refractivity contribution in [1.82, 2.24) is 15.5 Å². The number of ether oxygens (including phenoxy) is 1. The molecule has 1 atom stereocenters. The largest absolute Gasteiger partial charge is 0.497 e. The lowest BCUT2D eigenvalue weighted by molar-refractivity contribution is -0.136. The molecule has 0 spiro atoms. The molecule has 2 fully saturated rings. The first-order chi connectivity index (χ1) is 15.1. The molecule has 2 N–H and O–H groups in total. The van der Waals surface area contributed by atoms with Gasteiger partial charge in [0, 0.05) is 50.1 Å². The maximum absolute atomic E-state index is 12.7. The highest BCUT2D eigenvalue weighted by molar-refractivity contribution is 14.0. The predicted octanol–water partition coefficient (Wildman–Crippen LogP) is 4.11. The molecule has 1 aromatic rings. The summed E-state index contributed by atoms with van der Waals surface area (Å²) in [5.74, 6) is 4.99. The molecule has 1 heterocycles. The molecule has 1 aromatic carbocycles. The number of nitrogens with one attached hydrogen (secondary N) is 2. The highest BCUT2D eigenvalue weighted by atomic mass is 127. The summed E-state index contributed by atoms with van der Waals surface area (Å²) in [6, 6.07) is 8.71. The molecule has 8 heteroatoms. The number of methoxy groups -OCH3 is 1. The van der Waals surface area contributed by atoms with E-state index in [0.717, 1.165) is 75.0 Å². The summed E-state index contributed by atoms with van der Waals surface area (Å²) in [6.07, 6.45) is 5.05. The van der Waals surface area contributed by atoms with Crippen molar-refractivity contribution in [3.8, 4) is 5.75 Å². The first kappa shape index (κ1) is 27.1. The molecule has 0 radical (unpaired) electrons. The van der Waals surface area contributed by atoms with Gasteiger partial charge < -0.3 is 20.3 Å². The van der Waals surface area contributed by atoms with Crippen molar-refractivity contribution < 1.29 is 9.53 Å². The number of guanidine groups is 1. The van der Waals surface area contributed by atoms with Gasteiger partial charge in [0.15, 0.2) is 5.96 Å². The Balaban J connectivity index is 0.00000363. The quantitative estimate of drug-likeness (QED) is 0.292. The summed E-state index contributed by atoms with van der Waals surface area (Å²) in [5.41, 5.74) is 1.32. The van der Waals surface area contributed by atoms with Gasteiger partial charge >= 0.3 is 0 Å². The van der Waals surface area contributed by atoms with Crippen LogP contribution in [0.4, 0.5) is 0 Å². The lowest BCUT2D eigenvalue weighted by Gasteiger charge is -2.34. The predicted molar refractivity (Wildman–Crippen MR) is 146 cm³/mol. The van der Waals surface area contributed by atoms with Crippen molar-refractivity contribution in [1.29, 1.82) is 0 Å². The molecule has 32 heavy (non-hydrogen) atoms. The van der Waals surface area contributed by atoms with Crippen molar-refractivity contribution in [2.45, 2.75) is 51.0 Å². The van der Waals surface area contributed by atoms with Crippen LogP contribution in [0.2, 0.25) is 0 Å². The van der Waals surface area contributed by atoms with Gasteiger partial charge in [0.1, 0.15) is 5.75 Å². The normalized spacial score (nSPS) is 22.5. The van der Waals surface area contributed by atoms with Crippen LogP contribution >= 0.6 is 35.7 Å². The summed E-state index contributed by atoms with van der Waals surface area (Å²) in [4.78, 5) is 19.2. The van der Waals surface area contributed by atoms with Gasteiger partial charge in [-0.25, -0.2) is 0 Å². The molecule has 0 aromatic heterocycles. The van der Waals surface area contributed by atoms with Crippen molar-refractivity contribution in [3.05, 3.63) is 29.8 Å². The van der Waals surface area contributed by atoms with Crippen LogP contribution in [-0.4, -0.2) is 68.1 Å². The summed E-state index contributed by atoms with van der Waals surface area (Å²) in [6.45, 7) is 4.97. The smallest absolute Gasteiger partial charge is 0.225 e. The zero-order valence-corrected chi connectivity index (χ0v) is 22.8. The van der Waals surface area contributed by atoms with Crippen molar-refractivity contribution in [2.75, 3.05) is 45.3 Å². The minimum absolute atomic E-state index is 0. The summed E-state index contributed by atoms with van der Waals surface area (Å²) < 4.78 is 5.24. The third-order valence-corrected chi connectivity index (χ3v) is 7.46. The zero-order valence-electron chi connectivity index (χ0n) is 19.6. The molecule has 1 amide bonds. The molecule has 3 rings (SSSR count). The maximum atomic E-state index is 12.7. The molecule has 1 unspecified atom stereocenters. The third-order valence-electron chi connectivity index (χ3n) is 6.52. The standard InChI is InChI=1S/C24H38N4O2S.HI/c1-18(19-6-10-22(30-3)11-7-19)12-13-26-24(25-2)27-21-8-4-20(5-9-21)23(29)28-14-16-31-17-15-28;/h6-7,10-11,18,20-21H,4-5,8-9,12-17H2,1-3H3,(H2,25,26,27);1H. The fraction of sp³-hybridized carbons (Fsp3) is 0.667. The Hall–Kier alpha value is -1.16. The van der Waals surface area contributed by atoms with Crippen molar-refractivity contribution in [2.24, 2.45) is 10.9 Å². The number of aliphatic imine (C=N–C) groups is 1. The molecule has 1 aliphatic heterocycles. The van der Waals surface area contributed by atoms with Crippen LogP contribution in [0.25, 0.3) is 0 Å². The highest BCUT2D eigenvalue weighted by Crippen LogP contribution is 2.27. The van der Waals surface area contributed by atoms with Crippen LogP contribution < -0.4 is 15.4 Å². The second-order valence-corrected chi connectivity index (χ2v) is 9.82. The van der Waals surface area contributed by atoms with E-state index in [1.807, 2.05) is 30.9 Å². The maximum Gasteiger partial charge on any atom is 0.225 e. The molecule has 1 saturated carbocycles. The number of hydrogen-bond donors (Lipinski definition) is 2. The Kier molecular flexibility index (Phi) is 12.0. The molecule has 1 saturated heterocycles. The van der Waals surface area contributed by atoms with Crippen LogP contribution in [0.15, 0.2) is 29.3 Å². The topological polar surface area (TPSA) is 66.0 Å². The van der Waals surface area contributed by atoms with Gasteiger partial charge in [0.05, 0.1) is 7.11 Å². The van der Waals surface area contributed by atoms with Crippen LogP contribution in [-0.2, 0) is 4.79 Å². The summed E-state index contributed by atoms with van der Waals surface area (Å²) in [7, 11) is 3.52. The lowest BCUT2D eigenvalue weighted by atomic mass is 9.85. The molecular weight excluding hydrogens is 535 g/mol. The van der Waals surface area contributed by atoms with Crippen LogP contribution in [0.3, 0.4) is 0 Å². The molecule has 0 bridgehead atoms. The second kappa shape index (κ2) is 14.2. The van der Waals surface area contributed by atoms with Gasteiger partial charge in [-0.2, -0.15) is 11.8 Å². The molecule has 6 nitrogen and oxygen atoms in total. The monoisotopic (exact) mass is 574 g/mol. The first-order valence-corrected chi connectivity index (χ1v) is 12.7. The Morgan fingerprint density at radius 3 is 2.44 bits per heavy atom. The Morgan fingerprint density at radius 1 is 1.19 bits per heavy atom. The number of nitrogens with zero attached hydrogens (tertiary/aromatic N) is 2. The van der Waals surface area contributed by atoms with E-state index in [9.17, 15) is 4.79 Å². The Bertz CT molecular complexity index is 717. The van der Waals surface area contributed by atoms with Gasteiger partial charge in [0.2, 0.25) is 5.91 Å². The van der Waals surface area contributed by atoms with Crippen LogP contribution in [0.5, 0.6) is 5.75 Å². The van der Waals surface area contributed by atoms with E-state index in [1.165, 1.54) is 5.56 Å². The van der Waals surface area contributed by atoms with Gasteiger partial charge in [-0.15, -0.1) is 24.0 Å². The van der Waals surface area contributed by atoms with Gasteiger partial charge in [-0.3, -0.25) is 9.79 Å². The lowest BCUT2D eigenvalue weighted by Crippen LogP contribution is -2.47. The number of benzene rings is 1. The SMILES string of the molecule is CN=C(NCCC(C)c1ccc(OC)cc1)NC1CCC(C(=O)N2CCSCC2)CC1.I. The van der Waals surface area contributed by atoms with Crippen molar-refractivity contribution in [3.63, 3.8) is 0 Å². The number of rotatable bonds is 7. The molecule has 2 aliphatic rings. The minimum Gasteiger partial charge on any atom is -0.497 e. The number of amides is 1. The number of thioether (sulfide) groups is 1. The van der Waals surface area contributed by atoms with Crippen LogP contribution in [0.1, 0.15) is 50.5 Å². The number of carbonyl (C=O) groups is 1. The van der Waals surface area contributed by atoms with E-state index < -0.39 is 0 Å². The van der Waals surface area contributed by atoms with Crippen LogP contribution in [0, 0.1) is 5.92 Å². The average Bonchev–Trinajstić information content (AvgIpc) is 2.84. The van der Waals surface area contributed by atoms with Crippen molar-refractivity contribution >= 4 is 47.6 Å². The molecule has 180 valence electrons. The first-order valence-electron chi connectivity index (χ1n) is 11.6. The summed E-state index contributed by atoms with van der Waals surface area (Å²) in [5, 5.41) is 7.03. The van der Waals surface area contributed by atoms with E-state index in [0.29, 0.717) is 17.9 Å². The number of hydrogen-bond acceptors (Lipinski definition) is 4. The fourth-order valence-electron chi connectivity index (χ4n) is 4.42. The van der Waals surface area contributed by atoms with Gasteiger partial charge in [-0.05, 0) is 55.7 Å². The highest BCUT2D eigenvalue weighted by Gasteiger charge is 2.30. The molecule has 1 aliphatic carbocycles. The minimum atomic E-state index is 0. The third kappa shape index (κ3) is 8.01. The second-order valence-electron chi connectivity index (χ2n) is 8.59. The van der Waals surface area contributed by atoms with E-state index in [2.05, 4.69) is 39.6 Å². The van der Waals surface area contributed by atoms with Gasteiger partial charge in [0.25, 0.3) is 0 Å². The van der Waals surface area contributed by atoms with E-state index in [-0.39, 0.29) is 29.9 Å². The Labute approximate surface area is 214 Å². The number of halogens is 1. The number of carbonyl (C=O) groups excluding carboxylic acids is 1. The van der Waals surface area contributed by atoms with E-state index in [1.54, 1.807) is 7.11 Å².